The van der Waals surface area contributed by atoms with E-state index >= 15 is 0 Å². The molecule has 11 amide bonds. The Bertz CT molecular complexity index is 2190. The van der Waals surface area contributed by atoms with E-state index in [9.17, 15) is 63.0 Å². The zero-order chi connectivity index (χ0) is 57.9. The predicted octanol–water partition coefficient (Wildman–Crippen LogP) is -7.11. The standard InChI is InChI=1S/C46H79N17O14/c1-23(35(49)66)55-42(73)32-15-11-19-63(32)45(76)26(4)58-41(72)31(21-64)62-40(71)29(13-7-9-17-53-43(74)33-20-52-22-77-33)60-39(70)30(14-10-18-54-46(50)51)59-37(68)25(3)56-36(67)24(2)57-38(69)28(12-6-8-16-47)61-44(75)34(48)27(5)65/h20,22-32,34,64-65H,6-19,21,47-48H2,1-5H3,(H2,49,66)(H,53,74)(H,55,73)(H,56,67)(H,57,69)(H,58,72)(H,59,68)(H,60,70)(H,61,75)(H,62,71)(H4,50,51,54)/t23-,24-,25-,26-,27+,28-,29-,30-,31-,32-,34-/m0/s1. The number of nitrogens with one attached hydrogen (secondary N) is 9. The van der Waals surface area contributed by atoms with Gasteiger partial charge >= 0.3 is 0 Å². The molecule has 1 saturated heterocycles. The molecular formula is C46H79N17O14. The molecule has 1 aromatic rings. The number of rotatable bonds is 34. The van der Waals surface area contributed by atoms with Crippen molar-refractivity contribution in [2.24, 2.45) is 33.7 Å². The Hall–Kier alpha value is -7.51. The number of oxazole rings is 1. The molecule has 31 nitrogen and oxygen atoms in total. The lowest BCUT2D eigenvalue weighted by molar-refractivity contribution is -0.142. The van der Waals surface area contributed by atoms with Gasteiger partial charge in [0.05, 0.1) is 18.9 Å². The summed E-state index contributed by atoms with van der Waals surface area (Å²) in [6.45, 7) is 6.19. The fraction of sp³-hybridized carbons (Fsp3) is 0.674. The van der Waals surface area contributed by atoms with Crippen LogP contribution in [-0.4, -0.2) is 190 Å². The molecule has 11 atom stereocenters. The van der Waals surface area contributed by atoms with E-state index in [0.717, 1.165) is 6.39 Å². The van der Waals surface area contributed by atoms with Gasteiger partial charge in [0.2, 0.25) is 64.8 Å². The SMILES string of the molecule is C[C@H](NC(=O)[C@@H]1CCCN1C(=O)[C@H](C)NC(=O)[C@H](CO)NC(=O)[C@H](CCCCNC(=O)c1cnco1)NC(=O)[C@H](CCCN=C(N)N)NC(=O)[C@H](C)NC(=O)[C@H](C)NC(=O)[C@H](CCCCN)NC(=O)[C@@H](N)[C@@H](C)O)C(N)=O. The number of aliphatic hydroxyl groups excluding tert-OH is 2. The summed E-state index contributed by atoms with van der Waals surface area (Å²) >= 11 is 0. The maximum Gasteiger partial charge on any atom is 0.288 e. The van der Waals surface area contributed by atoms with Crippen molar-refractivity contribution in [3.63, 3.8) is 0 Å². The van der Waals surface area contributed by atoms with Gasteiger partial charge in [-0.15, -0.1) is 0 Å². The lowest BCUT2D eigenvalue weighted by Gasteiger charge is -2.29. The Morgan fingerprint density at radius 1 is 0.675 bits per heavy atom. The zero-order valence-corrected chi connectivity index (χ0v) is 44.1. The van der Waals surface area contributed by atoms with E-state index in [-0.39, 0.29) is 76.3 Å². The summed E-state index contributed by atoms with van der Waals surface area (Å²) < 4.78 is 4.99. The van der Waals surface area contributed by atoms with Gasteiger partial charge in [-0.05, 0) is 105 Å². The first-order valence-corrected chi connectivity index (χ1v) is 25.3. The van der Waals surface area contributed by atoms with Crippen LogP contribution in [0.4, 0.5) is 0 Å². The summed E-state index contributed by atoms with van der Waals surface area (Å²) in [7, 11) is 0. The minimum Gasteiger partial charge on any atom is -0.438 e. The molecule has 1 aliphatic rings. The minimum absolute atomic E-state index is 0.00213. The molecule has 0 aliphatic carbocycles. The maximum atomic E-state index is 14.1. The Morgan fingerprint density at radius 2 is 1.18 bits per heavy atom. The number of aromatic nitrogens is 1. The molecule has 0 saturated carbocycles. The number of nitrogens with two attached hydrogens (primary N) is 5. The number of hydrogen-bond donors (Lipinski definition) is 16. The average molecular weight is 1090 g/mol. The van der Waals surface area contributed by atoms with Gasteiger partial charge in [-0.3, -0.25) is 57.7 Å². The van der Waals surface area contributed by atoms with E-state index in [1.165, 1.54) is 45.7 Å². The van der Waals surface area contributed by atoms with Crippen LogP contribution in [0.3, 0.4) is 0 Å². The van der Waals surface area contributed by atoms with Crippen molar-refractivity contribution in [3.05, 3.63) is 18.4 Å². The van der Waals surface area contributed by atoms with E-state index in [2.05, 4.69) is 57.8 Å². The van der Waals surface area contributed by atoms with Gasteiger partial charge in [0.25, 0.3) is 5.91 Å². The quantitative estimate of drug-likeness (QED) is 0.0173. The fourth-order valence-electron chi connectivity index (χ4n) is 7.51. The second kappa shape index (κ2) is 33.5. The number of primary amides is 1. The molecule has 21 N–H and O–H groups in total. The Kier molecular flexibility index (Phi) is 28.5. The second-order valence-corrected chi connectivity index (χ2v) is 18.6. The summed E-state index contributed by atoms with van der Waals surface area (Å²) in [6.07, 6.45) is 3.06. The molecule has 0 spiro atoms. The third kappa shape index (κ3) is 22.7. The van der Waals surface area contributed by atoms with Gasteiger partial charge in [-0.2, -0.15) is 0 Å². The molecule has 1 aliphatic heterocycles. The number of unbranched alkanes of at least 4 members (excludes halogenated alkanes) is 2. The molecule has 31 heteroatoms. The summed E-state index contributed by atoms with van der Waals surface area (Å²) in [5.41, 5.74) is 27.5. The van der Waals surface area contributed by atoms with Gasteiger partial charge in [0.1, 0.15) is 60.4 Å². The van der Waals surface area contributed by atoms with E-state index in [1.54, 1.807) is 0 Å². The molecule has 0 aromatic carbocycles. The Balaban J connectivity index is 2.28. The lowest BCUT2D eigenvalue weighted by atomic mass is 10.1. The predicted molar refractivity (Wildman–Crippen MR) is 274 cm³/mol. The van der Waals surface area contributed by atoms with Gasteiger partial charge in [-0.1, -0.05) is 0 Å². The Morgan fingerprint density at radius 3 is 1.73 bits per heavy atom. The van der Waals surface area contributed by atoms with Crippen molar-refractivity contribution >= 4 is 70.9 Å². The fourth-order valence-corrected chi connectivity index (χ4v) is 7.51. The van der Waals surface area contributed by atoms with E-state index in [1.807, 2.05) is 0 Å². The van der Waals surface area contributed by atoms with Crippen LogP contribution in [0.5, 0.6) is 0 Å². The first kappa shape index (κ1) is 65.6. The molecule has 2 rings (SSSR count). The maximum absolute atomic E-state index is 14.1. The van der Waals surface area contributed by atoms with Crippen molar-refractivity contribution < 1.29 is 67.4 Å². The van der Waals surface area contributed by atoms with Gasteiger partial charge in [-0.25, -0.2) is 4.98 Å². The van der Waals surface area contributed by atoms with Crippen molar-refractivity contribution in [1.29, 1.82) is 0 Å². The number of aliphatic hydroxyl groups is 2. The van der Waals surface area contributed by atoms with Crippen LogP contribution in [0.25, 0.3) is 0 Å². The van der Waals surface area contributed by atoms with Crippen LogP contribution >= 0.6 is 0 Å². The summed E-state index contributed by atoms with van der Waals surface area (Å²) in [5.74, 6) is -9.15. The smallest absolute Gasteiger partial charge is 0.288 e. The number of likely N-dealkylation sites (tertiary alicyclic amines) is 1. The number of aliphatic imine (C=N–C) groups is 1. The van der Waals surface area contributed by atoms with Crippen LogP contribution in [0.1, 0.15) is 109 Å². The van der Waals surface area contributed by atoms with E-state index < -0.39 is 138 Å². The van der Waals surface area contributed by atoms with Crippen LogP contribution in [0.2, 0.25) is 0 Å². The first-order valence-electron chi connectivity index (χ1n) is 25.3. The normalized spacial score (nSPS) is 16.9. The highest BCUT2D eigenvalue weighted by Gasteiger charge is 2.38. The summed E-state index contributed by atoms with van der Waals surface area (Å²) in [4.78, 5) is 154. The number of amides is 11. The zero-order valence-electron chi connectivity index (χ0n) is 44.1. The highest BCUT2D eigenvalue weighted by molar-refractivity contribution is 5.98. The molecule has 77 heavy (non-hydrogen) atoms. The van der Waals surface area contributed by atoms with Crippen molar-refractivity contribution in [1.82, 2.24) is 57.7 Å². The van der Waals surface area contributed by atoms with Crippen molar-refractivity contribution in [2.45, 2.75) is 165 Å². The number of guanidine groups is 1. The highest BCUT2D eigenvalue weighted by Crippen LogP contribution is 2.19. The summed E-state index contributed by atoms with van der Waals surface area (Å²) in [6, 6.07) is -13.0. The van der Waals surface area contributed by atoms with E-state index in [4.69, 9.17) is 33.1 Å². The molecule has 0 unspecified atom stereocenters. The number of nitrogens with zero attached hydrogens (tertiary/aromatic N) is 3. The van der Waals surface area contributed by atoms with Crippen LogP contribution < -0.4 is 76.5 Å². The molecule has 2 heterocycles. The molecular weight excluding hydrogens is 1010 g/mol. The first-order chi connectivity index (χ1) is 36.3. The monoisotopic (exact) mass is 1090 g/mol. The largest absolute Gasteiger partial charge is 0.438 e. The van der Waals surface area contributed by atoms with Crippen LogP contribution in [0, 0.1) is 0 Å². The minimum atomic E-state index is -1.69. The Labute approximate surface area is 445 Å². The van der Waals surface area contributed by atoms with Crippen LogP contribution in [0.15, 0.2) is 22.0 Å². The number of hydrogen-bond acceptors (Lipinski definition) is 18. The highest BCUT2D eigenvalue weighted by atomic mass is 16.3. The van der Waals surface area contributed by atoms with E-state index in [0.29, 0.717) is 25.8 Å². The molecule has 0 bridgehead atoms. The lowest BCUT2D eigenvalue weighted by Crippen LogP contribution is -2.60. The van der Waals surface area contributed by atoms with Gasteiger partial charge in [0.15, 0.2) is 12.4 Å². The van der Waals surface area contributed by atoms with Gasteiger partial charge < -0.3 is 96.0 Å². The molecule has 1 aromatic heterocycles. The van der Waals surface area contributed by atoms with Crippen molar-refractivity contribution in [3.8, 4) is 0 Å². The second-order valence-electron chi connectivity index (χ2n) is 18.6. The number of carbonyl (C=O) groups is 11. The third-order valence-corrected chi connectivity index (χ3v) is 12.1. The average Bonchev–Trinajstić information content (AvgIpc) is 4.11. The third-order valence-electron chi connectivity index (χ3n) is 12.1. The summed E-state index contributed by atoms with van der Waals surface area (Å²) in [5, 5.41) is 42.5. The van der Waals surface area contributed by atoms with Crippen molar-refractivity contribution in [2.75, 3.05) is 32.8 Å². The molecule has 432 valence electrons. The topological polar surface area (TPSA) is 508 Å². The molecule has 0 radical (unpaired) electrons. The van der Waals surface area contributed by atoms with Crippen LogP contribution in [-0.2, 0) is 47.9 Å². The molecule has 1 fully saturated rings. The van der Waals surface area contributed by atoms with Gasteiger partial charge in [0, 0.05) is 19.6 Å². The number of carbonyl (C=O) groups excluding carboxylic acids is 11.